The first-order valence-electron chi connectivity index (χ1n) is 10.1. The molecule has 0 saturated carbocycles. The maximum atomic E-state index is 13.4. The number of rotatable bonds is 8. The number of amides is 1. The predicted molar refractivity (Wildman–Crippen MR) is 116 cm³/mol. The number of carbonyl (C=O) groups excluding carboxylic acids is 1. The molecule has 3 rings (SSSR count). The minimum absolute atomic E-state index is 0.137. The lowest BCUT2D eigenvalue weighted by Gasteiger charge is -2.24. The summed E-state index contributed by atoms with van der Waals surface area (Å²) in [5.41, 5.74) is 2.09. The van der Waals surface area contributed by atoms with E-state index in [9.17, 15) is 13.2 Å². The van der Waals surface area contributed by atoms with Crippen molar-refractivity contribution in [1.29, 1.82) is 0 Å². The Morgan fingerprint density at radius 1 is 1.14 bits per heavy atom. The lowest BCUT2D eigenvalue weighted by molar-refractivity contribution is 0.0948. The molecule has 156 valence electrons. The van der Waals surface area contributed by atoms with Gasteiger partial charge in [0, 0.05) is 24.7 Å². The van der Waals surface area contributed by atoms with Crippen molar-refractivity contribution in [3.8, 4) is 0 Å². The Morgan fingerprint density at radius 3 is 2.59 bits per heavy atom. The van der Waals surface area contributed by atoms with Gasteiger partial charge in [0.25, 0.3) is 15.9 Å². The van der Waals surface area contributed by atoms with Crippen LogP contribution < -0.4 is 9.62 Å². The van der Waals surface area contributed by atoms with E-state index in [0.29, 0.717) is 24.2 Å². The highest BCUT2D eigenvalue weighted by atomic mass is 32.2. The number of carbonyl (C=O) groups is 1. The number of para-hydroxylation sites is 1. The number of fused-ring (bicyclic) bond motifs is 1. The summed E-state index contributed by atoms with van der Waals surface area (Å²) in [5.74, 6) is -0.260. The van der Waals surface area contributed by atoms with Crippen molar-refractivity contribution in [3.63, 3.8) is 0 Å². The van der Waals surface area contributed by atoms with Gasteiger partial charge in [-0.2, -0.15) is 0 Å². The van der Waals surface area contributed by atoms with Crippen molar-refractivity contribution in [2.75, 3.05) is 30.5 Å². The zero-order valence-electron chi connectivity index (χ0n) is 17.3. The molecule has 0 radical (unpaired) electrons. The Labute approximate surface area is 173 Å². The first-order chi connectivity index (χ1) is 13.9. The van der Waals surface area contributed by atoms with Crippen molar-refractivity contribution >= 4 is 21.6 Å². The van der Waals surface area contributed by atoms with E-state index in [-0.39, 0.29) is 16.8 Å². The van der Waals surface area contributed by atoms with Gasteiger partial charge in [-0.25, -0.2) is 8.42 Å². The largest absolute Gasteiger partial charge is 0.351 e. The standard InChI is InChI=1S/C22H29N3O3S/c1-4-24(5-2)14-13-23-22(26)19-10-8-11-20(16-19)29(27,28)25-17(3)15-18-9-6-7-12-21(18)25/h6-12,16-17H,4-5,13-15H2,1-3H3,(H,23,26). The summed E-state index contributed by atoms with van der Waals surface area (Å²) in [4.78, 5) is 14.9. The van der Waals surface area contributed by atoms with Crippen LogP contribution in [0.15, 0.2) is 53.4 Å². The van der Waals surface area contributed by atoms with E-state index in [2.05, 4.69) is 24.1 Å². The fraction of sp³-hybridized carbons (Fsp3) is 0.409. The number of nitrogens with zero attached hydrogens (tertiary/aromatic N) is 2. The molecule has 1 N–H and O–H groups in total. The number of hydrogen-bond acceptors (Lipinski definition) is 4. The van der Waals surface area contributed by atoms with Crippen molar-refractivity contribution in [3.05, 3.63) is 59.7 Å². The van der Waals surface area contributed by atoms with Crippen LogP contribution in [-0.2, 0) is 16.4 Å². The van der Waals surface area contributed by atoms with Gasteiger partial charge >= 0.3 is 0 Å². The second-order valence-electron chi connectivity index (χ2n) is 7.29. The van der Waals surface area contributed by atoms with Gasteiger partial charge in [-0.15, -0.1) is 0 Å². The molecule has 1 amide bonds. The molecule has 0 fully saturated rings. The lowest BCUT2D eigenvalue weighted by Crippen LogP contribution is -2.36. The molecule has 0 spiro atoms. The monoisotopic (exact) mass is 415 g/mol. The van der Waals surface area contributed by atoms with Crippen molar-refractivity contribution in [2.45, 2.75) is 38.1 Å². The van der Waals surface area contributed by atoms with Crippen LogP contribution in [0.1, 0.15) is 36.7 Å². The third-order valence-corrected chi connectivity index (χ3v) is 7.33. The maximum Gasteiger partial charge on any atom is 0.264 e. The molecule has 2 aromatic rings. The average Bonchev–Trinajstić information content (AvgIpc) is 3.07. The number of sulfonamides is 1. The normalized spacial score (nSPS) is 16.1. The summed E-state index contributed by atoms with van der Waals surface area (Å²) in [6.45, 7) is 9.20. The first kappa shape index (κ1) is 21.3. The van der Waals surface area contributed by atoms with E-state index >= 15 is 0 Å². The summed E-state index contributed by atoms with van der Waals surface area (Å²) in [6.07, 6.45) is 0.681. The molecule has 0 aromatic heterocycles. The molecule has 1 unspecified atom stereocenters. The number of hydrogen-bond donors (Lipinski definition) is 1. The van der Waals surface area contributed by atoms with Crippen LogP contribution >= 0.6 is 0 Å². The number of benzene rings is 2. The zero-order valence-corrected chi connectivity index (χ0v) is 18.1. The Hall–Kier alpha value is -2.38. The van der Waals surface area contributed by atoms with Gasteiger partial charge < -0.3 is 10.2 Å². The SMILES string of the molecule is CCN(CC)CCNC(=O)c1cccc(S(=O)(=O)N2c3ccccc3CC2C)c1. The Balaban J connectivity index is 1.79. The van der Waals surface area contributed by atoms with Crippen LogP contribution in [-0.4, -0.2) is 51.4 Å². The summed E-state index contributed by atoms with van der Waals surface area (Å²) < 4.78 is 28.2. The van der Waals surface area contributed by atoms with E-state index in [1.165, 1.54) is 10.4 Å². The highest BCUT2D eigenvalue weighted by Crippen LogP contribution is 2.36. The maximum absolute atomic E-state index is 13.4. The molecule has 0 saturated heterocycles. The average molecular weight is 416 g/mol. The molecule has 1 heterocycles. The van der Waals surface area contributed by atoms with Crippen LogP contribution in [0.4, 0.5) is 5.69 Å². The Morgan fingerprint density at radius 2 is 1.86 bits per heavy atom. The van der Waals surface area contributed by atoms with Gasteiger partial charge in [-0.1, -0.05) is 38.1 Å². The molecule has 7 heteroatoms. The summed E-state index contributed by atoms with van der Waals surface area (Å²) >= 11 is 0. The molecule has 29 heavy (non-hydrogen) atoms. The van der Waals surface area contributed by atoms with Gasteiger partial charge in [-0.3, -0.25) is 9.10 Å². The van der Waals surface area contributed by atoms with E-state index in [1.54, 1.807) is 18.2 Å². The number of anilines is 1. The number of nitrogens with one attached hydrogen (secondary N) is 1. The smallest absolute Gasteiger partial charge is 0.264 e. The molecule has 0 bridgehead atoms. The van der Waals surface area contributed by atoms with Gasteiger partial charge in [0.15, 0.2) is 0 Å². The summed E-state index contributed by atoms with van der Waals surface area (Å²) in [7, 11) is -3.75. The van der Waals surface area contributed by atoms with E-state index in [4.69, 9.17) is 0 Å². The van der Waals surface area contributed by atoms with E-state index in [0.717, 1.165) is 25.2 Å². The topological polar surface area (TPSA) is 69.7 Å². The quantitative estimate of drug-likeness (QED) is 0.720. The highest BCUT2D eigenvalue weighted by Gasteiger charge is 2.36. The minimum atomic E-state index is -3.75. The molecular formula is C22H29N3O3S. The fourth-order valence-electron chi connectivity index (χ4n) is 3.78. The van der Waals surface area contributed by atoms with Crippen LogP contribution in [0.5, 0.6) is 0 Å². The molecule has 1 aliphatic rings. The Kier molecular flexibility index (Phi) is 6.59. The molecule has 6 nitrogen and oxygen atoms in total. The van der Waals surface area contributed by atoms with Gasteiger partial charge in [0.1, 0.15) is 0 Å². The van der Waals surface area contributed by atoms with Crippen molar-refractivity contribution in [2.24, 2.45) is 0 Å². The highest BCUT2D eigenvalue weighted by molar-refractivity contribution is 7.92. The van der Waals surface area contributed by atoms with Crippen LogP contribution in [0, 0.1) is 0 Å². The second kappa shape index (κ2) is 8.97. The molecule has 1 aliphatic heterocycles. The number of likely N-dealkylation sites (N-methyl/N-ethyl adjacent to an activating group) is 1. The third kappa shape index (κ3) is 4.46. The zero-order chi connectivity index (χ0) is 21.0. The molecule has 2 aromatic carbocycles. The van der Waals surface area contributed by atoms with Crippen molar-refractivity contribution < 1.29 is 13.2 Å². The van der Waals surface area contributed by atoms with Gasteiger partial charge in [-0.05, 0) is 56.3 Å². The lowest BCUT2D eigenvalue weighted by atomic mass is 10.1. The van der Waals surface area contributed by atoms with E-state index < -0.39 is 10.0 Å². The van der Waals surface area contributed by atoms with Gasteiger partial charge in [0.2, 0.25) is 0 Å². The predicted octanol–water partition coefficient (Wildman–Crippen LogP) is 2.90. The Bertz CT molecular complexity index is 971. The summed E-state index contributed by atoms with van der Waals surface area (Å²) in [5, 5.41) is 2.88. The van der Waals surface area contributed by atoms with Crippen LogP contribution in [0.3, 0.4) is 0 Å². The van der Waals surface area contributed by atoms with Crippen LogP contribution in [0.25, 0.3) is 0 Å². The van der Waals surface area contributed by atoms with Crippen LogP contribution in [0.2, 0.25) is 0 Å². The fourth-order valence-corrected chi connectivity index (χ4v) is 5.52. The molecule has 0 aliphatic carbocycles. The molecule has 1 atom stereocenters. The van der Waals surface area contributed by atoms with Crippen molar-refractivity contribution in [1.82, 2.24) is 10.2 Å². The minimum Gasteiger partial charge on any atom is -0.351 e. The second-order valence-corrected chi connectivity index (χ2v) is 9.11. The third-order valence-electron chi connectivity index (χ3n) is 5.41. The first-order valence-corrected chi connectivity index (χ1v) is 11.6. The van der Waals surface area contributed by atoms with Gasteiger partial charge in [0.05, 0.1) is 10.6 Å². The van der Waals surface area contributed by atoms with E-state index in [1.807, 2.05) is 31.2 Å². The summed E-state index contributed by atoms with van der Waals surface area (Å²) in [6, 6.07) is 13.7. The molecular weight excluding hydrogens is 386 g/mol.